The van der Waals surface area contributed by atoms with Crippen molar-refractivity contribution in [1.82, 2.24) is 9.97 Å². The van der Waals surface area contributed by atoms with Crippen LogP contribution in [-0.2, 0) is 6.54 Å². The minimum atomic E-state index is -0.0188. The Morgan fingerprint density at radius 2 is 1.57 bits per heavy atom. The van der Waals surface area contributed by atoms with Crippen LogP contribution in [0.1, 0.15) is 37.7 Å². The Hall–Kier alpha value is -2.10. The van der Waals surface area contributed by atoms with Gasteiger partial charge in [0.05, 0.1) is 0 Å². The lowest BCUT2D eigenvalue weighted by molar-refractivity contribution is 0.629. The van der Waals surface area contributed by atoms with Gasteiger partial charge in [0.15, 0.2) is 0 Å². The summed E-state index contributed by atoms with van der Waals surface area (Å²) in [4.78, 5) is 8.86. The highest BCUT2D eigenvalue weighted by molar-refractivity contribution is 5.49. The van der Waals surface area contributed by atoms with Crippen LogP contribution in [0.25, 0.3) is 0 Å². The smallest absolute Gasteiger partial charge is 0.132 e. The van der Waals surface area contributed by atoms with E-state index in [1.54, 1.807) is 0 Å². The van der Waals surface area contributed by atoms with Crippen molar-refractivity contribution >= 4 is 11.6 Å². The zero-order chi connectivity index (χ0) is 15.5. The predicted octanol–water partition coefficient (Wildman–Crippen LogP) is 3.92. The van der Waals surface area contributed by atoms with Crippen LogP contribution in [0, 0.1) is 13.8 Å². The first kappa shape index (κ1) is 15.3. The molecule has 0 bridgehead atoms. The van der Waals surface area contributed by atoms with Gasteiger partial charge in [-0.1, -0.05) is 29.8 Å². The first-order chi connectivity index (χ1) is 9.82. The van der Waals surface area contributed by atoms with Gasteiger partial charge in [0.2, 0.25) is 0 Å². The van der Waals surface area contributed by atoms with Crippen molar-refractivity contribution in [3.8, 4) is 0 Å². The lowest BCUT2D eigenvalue weighted by Crippen LogP contribution is -2.27. The molecule has 0 aliphatic carbocycles. The Morgan fingerprint density at radius 1 is 0.952 bits per heavy atom. The van der Waals surface area contributed by atoms with Gasteiger partial charge in [-0.15, -0.1) is 0 Å². The zero-order valence-electron chi connectivity index (χ0n) is 13.5. The quantitative estimate of drug-likeness (QED) is 0.893. The van der Waals surface area contributed by atoms with E-state index in [9.17, 15) is 0 Å². The normalized spacial score (nSPS) is 11.3. The highest BCUT2D eigenvalue weighted by Gasteiger charge is 2.11. The molecule has 2 aromatic rings. The summed E-state index contributed by atoms with van der Waals surface area (Å²) in [6, 6.07) is 10.4. The van der Waals surface area contributed by atoms with Crippen molar-refractivity contribution in [3.05, 3.63) is 47.3 Å². The summed E-state index contributed by atoms with van der Waals surface area (Å²) in [6.07, 6.45) is 0. The van der Waals surface area contributed by atoms with Crippen LogP contribution in [0.15, 0.2) is 30.3 Å². The Balaban J connectivity index is 2.07. The molecule has 0 fully saturated rings. The van der Waals surface area contributed by atoms with E-state index >= 15 is 0 Å². The highest BCUT2D eigenvalue weighted by Crippen LogP contribution is 2.16. The fourth-order valence-corrected chi connectivity index (χ4v) is 2.01. The Bertz CT molecular complexity index is 597. The van der Waals surface area contributed by atoms with Crippen LogP contribution < -0.4 is 10.6 Å². The van der Waals surface area contributed by atoms with Gasteiger partial charge in [0.25, 0.3) is 0 Å². The molecule has 0 atom stereocenters. The topological polar surface area (TPSA) is 49.8 Å². The third-order valence-electron chi connectivity index (χ3n) is 2.94. The highest BCUT2D eigenvalue weighted by atomic mass is 15.1. The fraction of sp³-hybridized carbons (Fsp3) is 0.412. The average molecular weight is 284 g/mol. The zero-order valence-corrected chi connectivity index (χ0v) is 13.5. The maximum absolute atomic E-state index is 4.43. The molecule has 0 aliphatic heterocycles. The van der Waals surface area contributed by atoms with E-state index in [0.717, 1.165) is 24.0 Å². The molecule has 2 rings (SSSR count). The van der Waals surface area contributed by atoms with Gasteiger partial charge in [0.1, 0.15) is 17.5 Å². The lowest BCUT2D eigenvalue weighted by Gasteiger charge is -2.21. The number of aryl methyl sites for hydroxylation is 2. The van der Waals surface area contributed by atoms with Crippen LogP contribution >= 0.6 is 0 Å². The second kappa shape index (κ2) is 6.12. The Morgan fingerprint density at radius 3 is 2.19 bits per heavy atom. The van der Waals surface area contributed by atoms with E-state index in [1.165, 1.54) is 11.1 Å². The van der Waals surface area contributed by atoms with Crippen LogP contribution in [0.3, 0.4) is 0 Å². The van der Waals surface area contributed by atoms with Crippen LogP contribution in [-0.4, -0.2) is 15.5 Å². The molecule has 0 amide bonds. The average Bonchev–Trinajstić information content (AvgIpc) is 2.35. The van der Waals surface area contributed by atoms with Gasteiger partial charge >= 0.3 is 0 Å². The van der Waals surface area contributed by atoms with E-state index in [2.05, 4.69) is 72.6 Å². The van der Waals surface area contributed by atoms with E-state index in [1.807, 2.05) is 13.0 Å². The van der Waals surface area contributed by atoms with Crippen LogP contribution in [0.4, 0.5) is 11.6 Å². The molecule has 1 aromatic heterocycles. The first-order valence-corrected chi connectivity index (χ1v) is 7.25. The molecular weight excluding hydrogens is 260 g/mol. The molecule has 1 aromatic carbocycles. The number of aromatic nitrogens is 2. The van der Waals surface area contributed by atoms with E-state index < -0.39 is 0 Å². The summed E-state index contributed by atoms with van der Waals surface area (Å²) in [6.45, 7) is 11.1. The molecule has 2 N–H and O–H groups in total. The second-order valence-corrected chi connectivity index (χ2v) is 6.40. The number of hydrogen-bond acceptors (Lipinski definition) is 4. The van der Waals surface area contributed by atoms with Gasteiger partial charge in [-0.25, -0.2) is 9.97 Å². The molecule has 0 spiro atoms. The molecule has 4 heteroatoms. The molecular formula is C17H24N4. The monoisotopic (exact) mass is 284 g/mol. The summed E-state index contributed by atoms with van der Waals surface area (Å²) in [5.74, 6) is 2.45. The molecule has 4 nitrogen and oxygen atoms in total. The Kier molecular flexibility index (Phi) is 4.46. The van der Waals surface area contributed by atoms with Gasteiger partial charge in [-0.2, -0.15) is 0 Å². The second-order valence-electron chi connectivity index (χ2n) is 6.40. The number of nitrogens with zero attached hydrogens (tertiary/aromatic N) is 2. The largest absolute Gasteiger partial charge is 0.366 e. The summed E-state index contributed by atoms with van der Waals surface area (Å²) in [7, 11) is 0. The molecule has 112 valence electrons. The number of anilines is 2. The minimum Gasteiger partial charge on any atom is -0.366 e. The fourth-order valence-electron chi connectivity index (χ4n) is 2.01. The van der Waals surface area contributed by atoms with Gasteiger partial charge in [-0.3, -0.25) is 0 Å². The molecule has 21 heavy (non-hydrogen) atoms. The molecule has 1 heterocycles. The summed E-state index contributed by atoms with van der Waals surface area (Å²) in [5.41, 5.74) is 2.49. The molecule has 0 aliphatic rings. The molecule has 0 radical (unpaired) electrons. The molecule has 0 saturated carbocycles. The summed E-state index contributed by atoms with van der Waals surface area (Å²) in [5, 5.41) is 6.73. The number of rotatable bonds is 4. The Labute approximate surface area is 127 Å². The van der Waals surface area contributed by atoms with E-state index in [-0.39, 0.29) is 5.54 Å². The number of hydrogen-bond donors (Lipinski definition) is 2. The van der Waals surface area contributed by atoms with Gasteiger partial charge < -0.3 is 10.6 Å². The van der Waals surface area contributed by atoms with Gasteiger partial charge in [-0.05, 0) is 40.2 Å². The van der Waals surface area contributed by atoms with Crippen molar-refractivity contribution in [1.29, 1.82) is 0 Å². The lowest BCUT2D eigenvalue weighted by atomic mass is 10.1. The number of nitrogens with one attached hydrogen (secondary N) is 2. The number of benzene rings is 1. The summed E-state index contributed by atoms with van der Waals surface area (Å²) >= 11 is 0. The third-order valence-corrected chi connectivity index (χ3v) is 2.94. The van der Waals surface area contributed by atoms with Gasteiger partial charge in [0, 0.05) is 18.2 Å². The van der Waals surface area contributed by atoms with Crippen molar-refractivity contribution < 1.29 is 0 Å². The van der Waals surface area contributed by atoms with Crippen molar-refractivity contribution in [2.45, 2.75) is 46.7 Å². The van der Waals surface area contributed by atoms with Crippen molar-refractivity contribution in [2.24, 2.45) is 0 Å². The maximum Gasteiger partial charge on any atom is 0.132 e. The molecule has 0 unspecified atom stereocenters. The van der Waals surface area contributed by atoms with Crippen LogP contribution in [0.5, 0.6) is 0 Å². The predicted molar refractivity (Wildman–Crippen MR) is 88.7 cm³/mol. The molecule has 0 saturated heterocycles. The van der Waals surface area contributed by atoms with Crippen molar-refractivity contribution in [3.63, 3.8) is 0 Å². The maximum atomic E-state index is 4.43. The third kappa shape index (κ3) is 5.06. The SMILES string of the molecule is Cc1ccc(CNc2cc(NC(C)(C)C)nc(C)n2)cc1. The van der Waals surface area contributed by atoms with E-state index in [0.29, 0.717) is 0 Å². The standard InChI is InChI=1S/C17H24N4/c1-12-6-8-14(9-7-12)11-18-15-10-16(20-13(2)19-15)21-17(3,4)5/h6-10H,11H2,1-5H3,(H2,18,19,20,21). The first-order valence-electron chi connectivity index (χ1n) is 7.25. The summed E-state index contributed by atoms with van der Waals surface area (Å²) < 4.78 is 0. The van der Waals surface area contributed by atoms with E-state index in [4.69, 9.17) is 0 Å². The van der Waals surface area contributed by atoms with Crippen molar-refractivity contribution in [2.75, 3.05) is 10.6 Å². The van der Waals surface area contributed by atoms with Crippen LogP contribution in [0.2, 0.25) is 0 Å². The minimum absolute atomic E-state index is 0.0188.